The van der Waals surface area contributed by atoms with E-state index >= 15 is 0 Å². The average Bonchev–Trinajstić information content (AvgIpc) is 2.65. The van der Waals surface area contributed by atoms with Crippen molar-refractivity contribution < 1.29 is 9.32 Å². The normalized spacial score (nSPS) is 20.7. The Morgan fingerprint density at radius 3 is 3.25 bits per heavy atom. The molecule has 1 atom stereocenters. The summed E-state index contributed by atoms with van der Waals surface area (Å²) in [5.74, 6) is 0.754. The number of hydrogen-bond acceptors (Lipinski definition) is 4. The molecule has 1 aliphatic heterocycles. The SMILES string of the molecule is Cc1cc(CC(=O)N[C@H]2CCCNC2)no1. The fourth-order valence-electron chi connectivity index (χ4n) is 1.92. The average molecular weight is 223 g/mol. The summed E-state index contributed by atoms with van der Waals surface area (Å²) in [5, 5.41) is 10.1. The Bertz CT molecular complexity index is 356. The van der Waals surface area contributed by atoms with Crippen LogP contribution in [-0.2, 0) is 11.2 Å². The molecule has 88 valence electrons. The molecular weight excluding hydrogens is 206 g/mol. The molecule has 0 spiro atoms. The molecule has 0 saturated carbocycles. The number of nitrogens with zero attached hydrogens (tertiary/aromatic N) is 1. The molecule has 1 saturated heterocycles. The molecule has 0 radical (unpaired) electrons. The van der Waals surface area contributed by atoms with Crippen molar-refractivity contribution in [2.45, 2.75) is 32.2 Å². The first kappa shape index (κ1) is 11.1. The van der Waals surface area contributed by atoms with Crippen molar-refractivity contribution in [3.8, 4) is 0 Å². The molecule has 1 fully saturated rings. The fourth-order valence-corrected chi connectivity index (χ4v) is 1.92. The van der Waals surface area contributed by atoms with Crippen LogP contribution in [0.3, 0.4) is 0 Å². The van der Waals surface area contributed by atoms with Gasteiger partial charge in [-0.3, -0.25) is 4.79 Å². The van der Waals surface area contributed by atoms with Gasteiger partial charge in [0.05, 0.1) is 12.1 Å². The lowest BCUT2D eigenvalue weighted by molar-refractivity contribution is -0.121. The minimum Gasteiger partial charge on any atom is -0.361 e. The van der Waals surface area contributed by atoms with E-state index in [1.165, 1.54) is 0 Å². The highest BCUT2D eigenvalue weighted by Gasteiger charge is 2.16. The Hall–Kier alpha value is -1.36. The van der Waals surface area contributed by atoms with Gasteiger partial charge in [-0.2, -0.15) is 0 Å². The van der Waals surface area contributed by atoms with E-state index in [1.807, 2.05) is 6.92 Å². The summed E-state index contributed by atoms with van der Waals surface area (Å²) in [7, 11) is 0. The summed E-state index contributed by atoms with van der Waals surface area (Å²) in [4.78, 5) is 11.7. The maximum absolute atomic E-state index is 11.7. The maximum Gasteiger partial charge on any atom is 0.226 e. The van der Waals surface area contributed by atoms with Crippen LogP contribution in [0.2, 0.25) is 0 Å². The first-order chi connectivity index (χ1) is 7.74. The second kappa shape index (κ2) is 5.12. The van der Waals surface area contributed by atoms with Crippen LogP contribution in [0.4, 0.5) is 0 Å². The third kappa shape index (κ3) is 3.06. The van der Waals surface area contributed by atoms with Crippen molar-refractivity contribution in [2.24, 2.45) is 0 Å². The zero-order valence-corrected chi connectivity index (χ0v) is 9.45. The molecule has 5 heteroatoms. The monoisotopic (exact) mass is 223 g/mol. The van der Waals surface area contributed by atoms with E-state index in [-0.39, 0.29) is 11.9 Å². The Morgan fingerprint density at radius 1 is 1.75 bits per heavy atom. The van der Waals surface area contributed by atoms with Crippen molar-refractivity contribution in [2.75, 3.05) is 13.1 Å². The van der Waals surface area contributed by atoms with Gasteiger partial charge in [0.1, 0.15) is 5.76 Å². The van der Waals surface area contributed by atoms with Crippen LogP contribution in [0.1, 0.15) is 24.3 Å². The second-order valence-corrected chi connectivity index (χ2v) is 4.22. The molecule has 2 N–H and O–H groups in total. The summed E-state index contributed by atoms with van der Waals surface area (Å²) in [6.07, 6.45) is 2.47. The summed E-state index contributed by atoms with van der Waals surface area (Å²) in [5.41, 5.74) is 0.693. The van der Waals surface area contributed by atoms with Gasteiger partial charge >= 0.3 is 0 Å². The summed E-state index contributed by atoms with van der Waals surface area (Å²) in [6, 6.07) is 2.05. The highest BCUT2D eigenvalue weighted by molar-refractivity contribution is 5.78. The molecular formula is C11H17N3O2. The topological polar surface area (TPSA) is 67.2 Å². The van der Waals surface area contributed by atoms with Crippen LogP contribution in [0, 0.1) is 6.92 Å². The predicted octanol–water partition coefficient (Wildman–Crippen LogP) is 0.394. The van der Waals surface area contributed by atoms with E-state index in [1.54, 1.807) is 6.07 Å². The molecule has 16 heavy (non-hydrogen) atoms. The molecule has 1 aromatic rings. The number of aromatic nitrogens is 1. The van der Waals surface area contributed by atoms with Gasteiger partial charge < -0.3 is 15.2 Å². The fraction of sp³-hybridized carbons (Fsp3) is 0.636. The van der Waals surface area contributed by atoms with E-state index in [4.69, 9.17) is 4.52 Å². The predicted molar refractivity (Wildman–Crippen MR) is 59.0 cm³/mol. The first-order valence-electron chi connectivity index (χ1n) is 5.66. The van der Waals surface area contributed by atoms with E-state index < -0.39 is 0 Å². The molecule has 0 aromatic carbocycles. The quantitative estimate of drug-likeness (QED) is 0.778. The molecule has 1 aliphatic rings. The Morgan fingerprint density at radius 2 is 2.62 bits per heavy atom. The Kier molecular flexibility index (Phi) is 3.56. The second-order valence-electron chi connectivity index (χ2n) is 4.22. The summed E-state index contributed by atoms with van der Waals surface area (Å²) < 4.78 is 4.91. The van der Waals surface area contributed by atoms with Crippen LogP contribution in [0.15, 0.2) is 10.6 Å². The van der Waals surface area contributed by atoms with Gasteiger partial charge in [0.15, 0.2) is 0 Å². The Labute approximate surface area is 94.6 Å². The van der Waals surface area contributed by atoms with E-state index in [2.05, 4.69) is 15.8 Å². The number of nitrogens with one attached hydrogen (secondary N) is 2. The summed E-state index contributed by atoms with van der Waals surface area (Å²) >= 11 is 0. The lowest BCUT2D eigenvalue weighted by Gasteiger charge is -2.23. The highest BCUT2D eigenvalue weighted by Crippen LogP contribution is 2.04. The number of rotatable bonds is 3. The van der Waals surface area contributed by atoms with Gasteiger partial charge in [-0.05, 0) is 26.3 Å². The zero-order valence-electron chi connectivity index (χ0n) is 9.45. The molecule has 5 nitrogen and oxygen atoms in total. The number of carbonyl (C=O) groups is 1. The molecule has 0 unspecified atom stereocenters. The molecule has 0 bridgehead atoms. The number of aryl methyl sites for hydroxylation is 1. The molecule has 0 aliphatic carbocycles. The van der Waals surface area contributed by atoms with Gasteiger partial charge in [-0.15, -0.1) is 0 Å². The van der Waals surface area contributed by atoms with Gasteiger partial charge in [-0.25, -0.2) is 0 Å². The third-order valence-electron chi connectivity index (χ3n) is 2.68. The van der Waals surface area contributed by atoms with E-state index in [0.29, 0.717) is 12.1 Å². The maximum atomic E-state index is 11.7. The molecule has 1 aromatic heterocycles. The van der Waals surface area contributed by atoms with Crippen molar-refractivity contribution >= 4 is 5.91 Å². The van der Waals surface area contributed by atoms with Crippen molar-refractivity contribution in [1.82, 2.24) is 15.8 Å². The van der Waals surface area contributed by atoms with Crippen LogP contribution < -0.4 is 10.6 Å². The number of piperidine rings is 1. The van der Waals surface area contributed by atoms with Crippen molar-refractivity contribution in [1.29, 1.82) is 0 Å². The van der Waals surface area contributed by atoms with Crippen LogP contribution in [-0.4, -0.2) is 30.2 Å². The van der Waals surface area contributed by atoms with Gasteiger partial charge in [0.2, 0.25) is 5.91 Å². The number of carbonyl (C=O) groups excluding carboxylic acids is 1. The van der Waals surface area contributed by atoms with E-state index in [0.717, 1.165) is 31.7 Å². The molecule has 2 rings (SSSR count). The largest absolute Gasteiger partial charge is 0.361 e. The smallest absolute Gasteiger partial charge is 0.226 e. The lowest BCUT2D eigenvalue weighted by atomic mass is 10.1. The number of amides is 1. The number of hydrogen-bond donors (Lipinski definition) is 2. The van der Waals surface area contributed by atoms with Gasteiger partial charge in [-0.1, -0.05) is 5.16 Å². The van der Waals surface area contributed by atoms with Crippen molar-refractivity contribution in [3.63, 3.8) is 0 Å². The minimum absolute atomic E-state index is 0.0157. The van der Waals surface area contributed by atoms with Gasteiger partial charge in [0.25, 0.3) is 0 Å². The van der Waals surface area contributed by atoms with E-state index in [9.17, 15) is 4.79 Å². The lowest BCUT2D eigenvalue weighted by Crippen LogP contribution is -2.46. The molecule has 2 heterocycles. The third-order valence-corrected chi connectivity index (χ3v) is 2.68. The van der Waals surface area contributed by atoms with Crippen LogP contribution in [0.5, 0.6) is 0 Å². The summed E-state index contributed by atoms with van der Waals surface area (Å²) in [6.45, 7) is 3.73. The van der Waals surface area contributed by atoms with Gasteiger partial charge in [0, 0.05) is 18.7 Å². The standard InChI is InChI=1S/C11H17N3O2/c1-8-5-10(14-16-8)6-11(15)13-9-3-2-4-12-7-9/h5,9,12H,2-4,6-7H2,1H3,(H,13,15)/t9-/m0/s1. The highest BCUT2D eigenvalue weighted by atomic mass is 16.5. The van der Waals surface area contributed by atoms with Crippen LogP contribution in [0.25, 0.3) is 0 Å². The zero-order chi connectivity index (χ0) is 11.4. The minimum atomic E-state index is 0.0157. The Balaban J connectivity index is 1.79. The first-order valence-corrected chi connectivity index (χ1v) is 5.66. The van der Waals surface area contributed by atoms with Crippen LogP contribution >= 0.6 is 0 Å². The van der Waals surface area contributed by atoms with Crippen molar-refractivity contribution in [3.05, 3.63) is 17.5 Å². The molecule has 1 amide bonds.